The molecule has 2 unspecified atom stereocenters. The Balaban J connectivity index is 2.57. The summed E-state index contributed by atoms with van der Waals surface area (Å²) < 4.78 is 6.10. The van der Waals surface area contributed by atoms with Gasteiger partial charge in [0.15, 0.2) is 0 Å². The molecule has 0 aromatic heterocycles. The zero-order valence-electron chi connectivity index (χ0n) is 13.8. The van der Waals surface area contributed by atoms with E-state index in [9.17, 15) is 5.11 Å². The van der Waals surface area contributed by atoms with E-state index in [1.54, 1.807) is 0 Å². The van der Waals surface area contributed by atoms with Crippen LogP contribution in [-0.4, -0.2) is 35.0 Å². The topological polar surface area (TPSA) is 41.5 Å². The summed E-state index contributed by atoms with van der Waals surface area (Å²) in [6.07, 6.45) is 1.68. The molecule has 0 bridgehead atoms. The summed E-state index contributed by atoms with van der Waals surface area (Å²) in [4.78, 5) is 0. The van der Waals surface area contributed by atoms with E-state index in [0.29, 0.717) is 5.92 Å². The lowest BCUT2D eigenvalue weighted by atomic mass is 9.74. The Morgan fingerprint density at radius 1 is 1.32 bits per heavy atom. The monoisotopic (exact) mass is 271 g/mol. The van der Waals surface area contributed by atoms with Crippen LogP contribution in [-0.2, 0) is 4.74 Å². The van der Waals surface area contributed by atoms with Crippen molar-refractivity contribution >= 4 is 0 Å². The molecular weight excluding hydrogens is 238 g/mol. The lowest BCUT2D eigenvalue weighted by molar-refractivity contribution is -0.110. The summed E-state index contributed by atoms with van der Waals surface area (Å²) in [5.74, 6) is 0.825. The SMILES string of the molecule is CC(C)CNCCC(C)(O)C1CC(C)(C)OC1(C)C. The lowest BCUT2D eigenvalue weighted by Crippen LogP contribution is -2.46. The molecule has 0 saturated carbocycles. The zero-order chi connectivity index (χ0) is 14.9. The number of aliphatic hydroxyl groups is 1. The first-order valence-corrected chi connectivity index (χ1v) is 7.59. The minimum absolute atomic E-state index is 0.135. The molecule has 114 valence electrons. The van der Waals surface area contributed by atoms with E-state index in [-0.39, 0.29) is 17.1 Å². The molecule has 1 fully saturated rings. The van der Waals surface area contributed by atoms with Crippen molar-refractivity contribution in [2.45, 2.75) is 78.1 Å². The summed E-state index contributed by atoms with van der Waals surface area (Å²) >= 11 is 0. The van der Waals surface area contributed by atoms with Gasteiger partial charge in [-0.25, -0.2) is 0 Å². The molecule has 0 spiro atoms. The van der Waals surface area contributed by atoms with Crippen LogP contribution in [0.15, 0.2) is 0 Å². The Kier molecular flexibility index (Phi) is 5.09. The van der Waals surface area contributed by atoms with Crippen LogP contribution in [0.25, 0.3) is 0 Å². The molecule has 1 rings (SSSR count). The Bertz CT molecular complexity index is 295. The Morgan fingerprint density at radius 2 is 1.89 bits per heavy atom. The van der Waals surface area contributed by atoms with Crippen LogP contribution >= 0.6 is 0 Å². The summed E-state index contributed by atoms with van der Waals surface area (Å²) in [6, 6.07) is 0. The predicted molar refractivity (Wildman–Crippen MR) is 80.3 cm³/mol. The third-order valence-corrected chi connectivity index (χ3v) is 4.19. The minimum atomic E-state index is -0.679. The first-order chi connectivity index (χ1) is 8.46. The number of hydrogen-bond acceptors (Lipinski definition) is 3. The fourth-order valence-corrected chi connectivity index (χ4v) is 3.44. The summed E-state index contributed by atoms with van der Waals surface area (Å²) in [6.45, 7) is 16.6. The molecule has 1 saturated heterocycles. The maximum Gasteiger partial charge on any atom is 0.0690 e. The van der Waals surface area contributed by atoms with E-state index in [1.807, 2.05) is 6.92 Å². The highest BCUT2D eigenvalue weighted by Gasteiger charge is 2.52. The maximum absolute atomic E-state index is 10.8. The van der Waals surface area contributed by atoms with Crippen LogP contribution in [0, 0.1) is 11.8 Å². The Hall–Kier alpha value is -0.120. The number of nitrogens with one attached hydrogen (secondary N) is 1. The lowest BCUT2D eigenvalue weighted by Gasteiger charge is -2.37. The zero-order valence-corrected chi connectivity index (χ0v) is 13.8. The number of ether oxygens (including phenoxy) is 1. The van der Waals surface area contributed by atoms with E-state index < -0.39 is 5.60 Å². The van der Waals surface area contributed by atoms with Crippen molar-refractivity contribution in [3.63, 3.8) is 0 Å². The van der Waals surface area contributed by atoms with Crippen LogP contribution in [0.2, 0.25) is 0 Å². The maximum atomic E-state index is 10.8. The minimum Gasteiger partial charge on any atom is -0.390 e. The summed E-state index contributed by atoms with van der Waals surface area (Å²) in [5.41, 5.74) is -1.07. The third-order valence-electron chi connectivity index (χ3n) is 4.19. The molecule has 0 aromatic rings. The van der Waals surface area contributed by atoms with Gasteiger partial charge in [0.05, 0.1) is 16.8 Å². The van der Waals surface area contributed by atoms with E-state index in [2.05, 4.69) is 46.9 Å². The van der Waals surface area contributed by atoms with Gasteiger partial charge in [-0.2, -0.15) is 0 Å². The van der Waals surface area contributed by atoms with Gasteiger partial charge in [-0.1, -0.05) is 13.8 Å². The average Bonchev–Trinajstić information content (AvgIpc) is 2.42. The molecule has 1 aliphatic rings. The van der Waals surface area contributed by atoms with Gasteiger partial charge in [0.2, 0.25) is 0 Å². The second-order valence-corrected chi connectivity index (χ2v) is 7.93. The molecule has 0 amide bonds. The predicted octanol–water partition coefficient (Wildman–Crippen LogP) is 2.97. The molecule has 1 heterocycles. The smallest absolute Gasteiger partial charge is 0.0690 e. The van der Waals surface area contributed by atoms with Gasteiger partial charge in [-0.3, -0.25) is 0 Å². The van der Waals surface area contributed by atoms with Crippen LogP contribution < -0.4 is 5.32 Å². The van der Waals surface area contributed by atoms with Gasteiger partial charge < -0.3 is 15.2 Å². The van der Waals surface area contributed by atoms with Gasteiger partial charge in [-0.15, -0.1) is 0 Å². The largest absolute Gasteiger partial charge is 0.390 e. The van der Waals surface area contributed by atoms with E-state index >= 15 is 0 Å². The molecule has 3 heteroatoms. The van der Waals surface area contributed by atoms with Gasteiger partial charge in [-0.05, 0) is 66.5 Å². The molecular formula is C16H33NO2. The second kappa shape index (κ2) is 5.71. The van der Waals surface area contributed by atoms with E-state index in [1.165, 1.54) is 0 Å². The van der Waals surface area contributed by atoms with Crippen molar-refractivity contribution in [3.8, 4) is 0 Å². The summed E-state index contributed by atoms with van der Waals surface area (Å²) in [5, 5.41) is 14.2. The van der Waals surface area contributed by atoms with Gasteiger partial charge in [0, 0.05) is 5.92 Å². The fourth-order valence-electron chi connectivity index (χ4n) is 3.44. The van der Waals surface area contributed by atoms with Gasteiger partial charge in [0.1, 0.15) is 0 Å². The first-order valence-electron chi connectivity index (χ1n) is 7.59. The Labute approximate surface area is 119 Å². The molecule has 1 aliphatic heterocycles. The van der Waals surface area contributed by atoms with Crippen molar-refractivity contribution in [2.75, 3.05) is 13.1 Å². The molecule has 2 atom stereocenters. The highest BCUT2D eigenvalue weighted by molar-refractivity contribution is 5.02. The van der Waals surface area contributed by atoms with E-state index in [0.717, 1.165) is 25.9 Å². The molecule has 0 aliphatic carbocycles. The van der Waals surface area contributed by atoms with Crippen LogP contribution in [0.1, 0.15) is 61.3 Å². The van der Waals surface area contributed by atoms with Crippen LogP contribution in [0.4, 0.5) is 0 Å². The normalized spacial score (nSPS) is 28.6. The van der Waals surface area contributed by atoms with Gasteiger partial charge >= 0.3 is 0 Å². The number of hydrogen-bond donors (Lipinski definition) is 2. The van der Waals surface area contributed by atoms with Crippen molar-refractivity contribution < 1.29 is 9.84 Å². The second-order valence-electron chi connectivity index (χ2n) is 7.93. The standard InChI is InChI=1S/C16H33NO2/c1-12(2)11-17-9-8-16(7,18)13-10-14(3,4)19-15(13,5)6/h12-13,17-18H,8-11H2,1-7H3. The quantitative estimate of drug-likeness (QED) is 0.730. The van der Waals surface area contributed by atoms with Crippen molar-refractivity contribution in [3.05, 3.63) is 0 Å². The molecule has 0 radical (unpaired) electrons. The molecule has 19 heavy (non-hydrogen) atoms. The third kappa shape index (κ3) is 4.73. The fraction of sp³-hybridized carbons (Fsp3) is 1.00. The van der Waals surface area contributed by atoms with Crippen molar-refractivity contribution in [2.24, 2.45) is 11.8 Å². The number of rotatable bonds is 6. The molecule has 2 N–H and O–H groups in total. The summed E-state index contributed by atoms with van der Waals surface area (Å²) in [7, 11) is 0. The average molecular weight is 271 g/mol. The highest BCUT2D eigenvalue weighted by Crippen LogP contribution is 2.47. The van der Waals surface area contributed by atoms with Crippen LogP contribution in [0.5, 0.6) is 0 Å². The highest BCUT2D eigenvalue weighted by atomic mass is 16.5. The van der Waals surface area contributed by atoms with E-state index in [4.69, 9.17) is 4.74 Å². The first kappa shape index (κ1) is 16.9. The molecule has 0 aromatic carbocycles. The van der Waals surface area contributed by atoms with Crippen molar-refractivity contribution in [1.82, 2.24) is 5.32 Å². The van der Waals surface area contributed by atoms with Gasteiger partial charge in [0.25, 0.3) is 0 Å². The Morgan fingerprint density at radius 3 is 2.32 bits per heavy atom. The van der Waals surface area contributed by atoms with Crippen molar-refractivity contribution in [1.29, 1.82) is 0 Å². The molecule has 3 nitrogen and oxygen atoms in total. The van der Waals surface area contributed by atoms with Crippen LogP contribution in [0.3, 0.4) is 0 Å².